The van der Waals surface area contributed by atoms with Gasteiger partial charge in [-0.25, -0.2) is 9.97 Å². The molecule has 0 amide bonds. The fourth-order valence-electron chi connectivity index (χ4n) is 1.41. The summed E-state index contributed by atoms with van der Waals surface area (Å²) in [5.74, 6) is 0.188. The Bertz CT molecular complexity index is 581. The summed E-state index contributed by atoms with van der Waals surface area (Å²) >= 11 is 0. The van der Waals surface area contributed by atoms with Crippen LogP contribution in [0.15, 0.2) is 12.1 Å². The summed E-state index contributed by atoms with van der Waals surface area (Å²) in [4.78, 5) is 8.29. The van der Waals surface area contributed by atoms with Crippen LogP contribution in [0.1, 0.15) is 16.8 Å². The summed E-state index contributed by atoms with van der Waals surface area (Å²) in [6.07, 6.45) is 0. The minimum atomic E-state index is 0.186. The average molecular weight is 198 g/mol. The molecule has 2 N–H and O–H groups in total. The number of hydrogen-bond donors (Lipinski definition) is 1. The van der Waals surface area contributed by atoms with Crippen LogP contribution >= 0.6 is 0 Å². The number of aromatic nitrogens is 2. The number of rotatable bonds is 0. The van der Waals surface area contributed by atoms with Crippen LogP contribution in [0.2, 0.25) is 0 Å². The van der Waals surface area contributed by atoms with Gasteiger partial charge in [-0.2, -0.15) is 5.26 Å². The molecule has 0 atom stereocenters. The van der Waals surface area contributed by atoms with Crippen LogP contribution in [-0.4, -0.2) is 9.97 Å². The Kier molecular flexibility index (Phi) is 2.01. The fraction of sp³-hybridized carbons (Fsp3) is 0.182. The van der Waals surface area contributed by atoms with Crippen LogP contribution in [0.5, 0.6) is 0 Å². The van der Waals surface area contributed by atoms with Crippen molar-refractivity contribution in [2.75, 3.05) is 5.73 Å². The second kappa shape index (κ2) is 3.21. The Morgan fingerprint density at radius 1 is 1.13 bits per heavy atom. The van der Waals surface area contributed by atoms with E-state index in [1.165, 1.54) is 0 Å². The summed E-state index contributed by atoms with van der Waals surface area (Å²) < 4.78 is 0. The van der Waals surface area contributed by atoms with Crippen molar-refractivity contribution in [3.8, 4) is 6.07 Å². The first-order chi connectivity index (χ1) is 7.11. The maximum absolute atomic E-state index is 8.77. The summed E-state index contributed by atoms with van der Waals surface area (Å²) in [6, 6.07) is 5.76. The quantitative estimate of drug-likeness (QED) is 0.699. The van der Waals surface area contributed by atoms with Crippen LogP contribution in [0.4, 0.5) is 5.82 Å². The molecule has 2 aromatic rings. The smallest absolute Gasteiger partial charge is 0.183 e. The third-order valence-corrected chi connectivity index (χ3v) is 2.41. The third kappa shape index (κ3) is 1.48. The molecule has 74 valence electrons. The third-order valence-electron chi connectivity index (χ3n) is 2.41. The van der Waals surface area contributed by atoms with Gasteiger partial charge < -0.3 is 5.73 Å². The number of anilines is 1. The molecule has 0 saturated heterocycles. The fourth-order valence-corrected chi connectivity index (χ4v) is 1.41. The van der Waals surface area contributed by atoms with Crippen LogP contribution in [0.25, 0.3) is 11.0 Å². The topological polar surface area (TPSA) is 75.6 Å². The van der Waals surface area contributed by atoms with Gasteiger partial charge in [0.05, 0.1) is 11.0 Å². The first-order valence-electron chi connectivity index (χ1n) is 4.56. The Hall–Kier alpha value is -2.15. The van der Waals surface area contributed by atoms with Gasteiger partial charge in [0.25, 0.3) is 0 Å². The van der Waals surface area contributed by atoms with Gasteiger partial charge in [0.15, 0.2) is 11.5 Å². The van der Waals surface area contributed by atoms with E-state index >= 15 is 0 Å². The minimum Gasteiger partial charge on any atom is -0.381 e. The monoisotopic (exact) mass is 198 g/mol. The van der Waals surface area contributed by atoms with E-state index in [1.54, 1.807) is 0 Å². The van der Waals surface area contributed by atoms with Crippen LogP contribution in [-0.2, 0) is 0 Å². The highest BCUT2D eigenvalue weighted by Gasteiger charge is 2.06. The number of nitriles is 1. The van der Waals surface area contributed by atoms with Crippen LogP contribution < -0.4 is 5.73 Å². The van der Waals surface area contributed by atoms with Gasteiger partial charge in [-0.3, -0.25) is 0 Å². The van der Waals surface area contributed by atoms with E-state index in [1.807, 2.05) is 32.0 Å². The summed E-state index contributed by atoms with van der Waals surface area (Å²) in [7, 11) is 0. The standard InChI is InChI=1S/C11H10N4/c1-6-3-8-9(4-7(6)2)15-11(13)10(5-12)14-8/h3-4H,1-2H3,(H2,13,15). The molecule has 0 aliphatic rings. The lowest BCUT2D eigenvalue weighted by molar-refractivity contribution is 1.23. The maximum atomic E-state index is 8.77. The van der Waals surface area contributed by atoms with E-state index in [2.05, 4.69) is 9.97 Å². The predicted octanol–water partition coefficient (Wildman–Crippen LogP) is 1.70. The van der Waals surface area contributed by atoms with Crippen molar-refractivity contribution in [2.45, 2.75) is 13.8 Å². The lowest BCUT2D eigenvalue weighted by atomic mass is 10.1. The normalized spacial score (nSPS) is 10.2. The lowest BCUT2D eigenvalue weighted by Crippen LogP contribution is -1.99. The summed E-state index contributed by atoms with van der Waals surface area (Å²) in [6.45, 7) is 4.00. The molecule has 1 aromatic carbocycles. The van der Waals surface area contributed by atoms with E-state index < -0.39 is 0 Å². The van der Waals surface area contributed by atoms with Gasteiger partial charge >= 0.3 is 0 Å². The molecule has 0 spiro atoms. The number of nitrogen functional groups attached to an aromatic ring is 1. The summed E-state index contributed by atoms with van der Waals surface area (Å²) in [5.41, 5.74) is 9.49. The molecule has 0 aliphatic heterocycles. The molecule has 0 unspecified atom stereocenters. The van der Waals surface area contributed by atoms with Gasteiger partial charge in [-0.1, -0.05) is 0 Å². The second-order valence-corrected chi connectivity index (χ2v) is 3.49. The molecule has 2 rings (SSSR count). The molecule has 0 radical (unpaired) electrons. The number of aryl methyl sites for hydroxylation is 2. The Morgan fingerprint density at radius 3 is 2.20 bits per heavy atom. The highest BCUT2D eigenvalue weighted by Crippen LogP contribution is 2.18. The number of nitrogens with two attached hydrogens (primary N) is 1. The Labute approximate surface area is 87.4 Å². The second-order valence-electron chi connectivity index (χ2n) is 3.49. The maximum Gasteiger partial charge on any atom is 0.183 e. The van der Waals surface area contributed by atoms with Crippen molar-refractivity contribution >= 4 is 16.9 Å². The average Bonchev–Trinajstić information content (AvgIpc) is 2.20. The molecular formula is C11H10N4. The van der Waals surface area contributed by atoms with Gasteiger partial charge in [-0.05, 0) is 37.1 Å². The Balaban J connectivity index is 2.84. The first kappa shape index (κ1) is 9.41. The number of benzene rings is 1. The van der Waals surface area contributed by atoms with E-state index in [0.29, 0.717) is 5.52 Å². The molecule has 15 heavy (non-hydrogen) atoms. The lowest BCUT2D eigenvalue weighted by Gasteiger charge is -2.04. The van der Waals surface area contributed by atoms with E-state index in [9.17, 15) is 0 Å². The predicted molar refractivity (Wildman–Crippen MR) is 58.1 cm³/mol. The van der Waals surface area contributed by atoms with Gasteiger partial charge in [0.1, 0.15) is 6.07 Å². The zero-order chi connectivity index (χ0) is 11.0. The largest absolute Gasteiger partial charge is 0.381 e. The van der Waals surface area contributed by atoms with Crippen molar-refractivity contribution in [2.24, 2.45) is 0 Å². The molecule has 4 heteroatoms. The summed E-state index contributed by atoms with van der Waals surface area (Å²) in [5, 5.41) is 8.77. The zero-order valence-corrected chi connectivity index (χ0v) is 8.57. The molecule has 1 aromatic heterocycles. The first-order valence-corrected chi connectivity index (χ1v) is 4.56. The highest BCUT2D eigenvalue weighted by atomic mass is 14.9. The number of nitrogens with zero attached hydrogens (tertiary/aromatic N) is 3. The molecule has 4 nitrogen and oxygen atoms in total. The zero-order valence-electron chi connectivity index (χ0n) is 8.57. The molecule has 0 fully saturated rings. The number of fused-ring (bicyclic) bond motifs is 1. The minimum absolute atomic E-state index is 0.186. The molecule has 1 heterocycles. The van der Waals surface area contributed by atoms with E-state index in [4.69, 9.17) is 11.0 Å². The molecular weight excluding hydrogens is 188 g/mol. The van der Waals surface area contributed by atoms with Crippen LogP contribution in [0, 0.1) is 25.2 Å². The van der Waals surface area contributed by atoms with Crippen molar-refractivity contribution in [3.05, 3.63) is 29.0 Å². The van der Waals surface area contributed by atoms with E-state index in [0.717, 1.165) is 16.6 Å². The van der Waals surface area contributed by atoms with Crippen molar-refractivity contribution in [1.82, 2.24) is 9.97 Å². The Morgan fingerprint density at radius 2 is 1.67 bits per heavy atom. The van der Waals surface area contributed by atoms with Gasteiger partial charge in [0.2, 0.25) is 0 Å². The van der Waals surface area contributed by atoms with Crippen molar-refractivity contribution in [3.63, 3.8) is 0 Å². The highest BCUT2D eigenvalue weighted by molar-refractivity contribution is 5.78. The SMILES string of the molecule is Cc1cc2nc(N)c(C#N)nc2cc1C. The molecule has 0 bridgehead atoms. The van der Waals surface area contributed by atoms with Crippen LogP contribution in [0.3, 0.4) is 0 Å². The van der Waals surface area contributed by atoms with E-state index in [-0.39, 0.29) is 11.5 Å². The van der Waals surface area contributed by atoms with Crippen molar-refractivity contribution < 1.29 is 0 Å². The molecule has 0 saturated carbocycles. The van der Waals surface area contributed by atoms with Gasteiger partial charge in [0, 0.05) is 0 Å². The number of hydrogen-bond acceptors (Lipinski definition) is 4. The van der Waals surface area contributed by atoms with Crippen molar-refractivity contribution in [1.29, 1.82) is 5.26 Å². The van der Waals surface area contributed by atoms with Gasteiger partial charge in [-0.15, -0.1) is 0 Å². The molecule has 0 aliphatic carbocycles.